The van der Waals surface area contributed by atoms with Gasteiger partial charge in [0.05, 0.1) is 12.1 Å². The third kappa shape index (κ3) is 4.58. The third-order valence-corrected chi connectivity index (χ3v) is 4.12. The maximum Gasteiger partial charge on any atom is 0.220 e. The number of aliphatic hydroxyl groups excluding tert-OH is 1. The minimum absolute atomic E-state index is 0.0604. The SMILES string of the molecule is CC(C)(CCN)CCC(=O)NC1(CO)CCCC1. The van der Waals surface area contributed by atoms with E-state index in [-0.39, 0.29) is 23.5 Å². The van der Waals surface area contributed by atoms with Crippen molar-refractivity contribution in [2.24, 2.45) is 11.1 Å². The van der Waals surface area contributed by atoms with Crippen LogP contribution in [0, 0.1) is 5.41 Å². The number of nitrogens with one attached hydrogen (secondary N) is 1. The Labute approximate surface area is 110 Å². The van der Waals surface area contributed by atoms with E-state index < -0.39 is 0 Å². The molecule has 0 aliphatic heterocycles. The second-order valence-corrected chi connectivity index (χ2v) is 6.40. The smallest absolute Gasteiger partial charge is 0.220 e. The lowest BCUT2D eigenvalue weighted by molar-refractivity contribution is -0.124. The van der Waals surface area contributed by atoms with Gasteiger partial charge in [-0.3, -0.25) is 4.79 Å². The van der Waals surface area contributed by atoms with Crippen LogP contribution in [0.4, 0.5) is 0 Å². The van der Waals surface area contributed by atoms with E-state index in [1.807, 2.05) is 0 Å². The summed E-state index contributed by atoms with van der Waals surface area (Å²) in [6, 6.07) is 0. The van der Waals surface area contributed by atoms with E-state index in [0.717, 1.165) is 38.5 Å². The minimum Gasteiger partial charge on any atom is -0.394 e. The van der Waals surface area contributed by atoms with Crippen LogP contribution >= 0.6 is 0 Å². The lowest BCUT2D eigenvalue weighted by Gasteiger charge is -2.29. The quantitative estimate of drug-likeness (QED) is 0.647. The van der Waals surface area contributed by atoms with Gasteiger partial charge in [0.25, 0.3) is 0 Å². The number of carbonyl (C=O) groups is 1. The van der Waals surface area contributed by atoms with Gasteiger partial charge in [0.15, 0.2) is 0 Å². The zero-order chi connectivity index (χ0) is 13.6. The van der Waals surface area contributed by atoms with Crippen molar-refractivity contribution in [1.82, 2.24) is 5.32 Å². The molecule has 18 heavy (non-hydrogen) atoms. The Balaban J connectivity index is 2.37. The lowest BCUT2D eigenvalue weighted by Crippen LogP contribution is -2.49. The average molecular weight is 256 g/mol. The second kappa shape index (κ2) is 6.53. The van der Waals surface area contributed by atoms with Crippen LogP contribution in [0.15, 0.2) is 0 Å². The highest BCUT2D eigenvalue weighted by molar-refractivity contribution is 5.76. The maximum absolute atomic E-state index is 12.0. The van der Waals surface area contributed by atoms with Crippen molar-refractivity contribution in [3.8, 4) is 0 Å². The Morgan fingerprint density at radius 2 is 1.94 bits per heavy atom. The molecule has 1 rings (SSSR count). The predicted octanol–water partition coefficient (Wildman–Crippen LogP) is 1.56. The van der Waals surface area contributed by atoms with Crippen molar-refractivity contribution in [3.05, 3.63) is 0 Å². The number of hydrogen-bond acceptors (Lipinski definition) is 3. The van der Waals surface area contributed by atoms with Gasteiger partial charge >= 0.3 is 0 Å². The zero-order valence-corrected chi connectivity index (χ0v) is 11.8. The van der Waals surface area contributed by atoms with Gasteiger partial charge in [-0.1, -0.05) is 26.7 Å². The van der Waals surface area contributed by atoms with E-state index in [0.29, 0.717) is 13.0 Å². The number of carbonyl (C=O) groups excluding carboxylic acids is 1. The summed E-state index contributed by atoms with van der Waals surface area (Å²) in [5, 5.41) is 12.5. The van der Waals surface area contributed by atoms with Gasteiger partial charge in [-0.05, 0) is 37.6 Å². The molecule has 4 heteroatoms. The largest absolute Gasteiger partial charge is 0.394 e. The van der Waals surface area contributed by atoms with Crippen molar-refractivity contribution < 1.29 is 9.90 Å². The summed E-state index contributed by atoms with van der Waals surface area (Å²) in [4.78, 5) is 12.0. The topological polar surface area (TPSA) is 75.4 Å². The molecule has 1 amide bonds. The van der Waals surface area contributed by atoms with E-state index in [1.54, 1.807) is 0 Å². The summed E-state index contributed by atoms with van der Waals surface area (Å²) in [6.07, 6.45) is 6.31. The highest BCUT2D eigenvalue weighted by Gasteiger charge is 2.34. The maximum atomic E-state index is 12.0. The van der Waals surface area contributed by atoms with Crippen LogP contribution < -0.4 is 11.1 Å². The van der Waals surface area contributed by atoms with Gasteiger partial charge in [-0.2, -0.15) is 0 Å². The molecule has 0 spiro atoms. The highest BCUT2D eigenvalue weighted by Crippen LogP contribution is 2.30. The standard InChI is InChI=1S/C14H28N2O2/c1-13(2,9-10-15)8-5-12(18)16-14(11-17)6-3-4-7-14/h17H,3-11,15H2,1-2H3,(H,16,18). The first-order valence-corrected chi connectivity index (χ1v) is 7.05. The van der Waals surface area contributed by atoms with Crippen LogP contribution in [0.25, 0.3) is 0 Å². The summed E-state index contributed by atoms with van der Waals surface area (Å²) in [5.74, 6) is 0.0658. The van der Waals surface area contributed by atoms with E-state index in [4.69, 9.17) is 5.73 Å². The molecule has 106 valence electrons. The third-order valence-electron chi connectivity index (χ3n) is 4.12. The molecule has 0 atom stereocenters. The molecule has 1 fully saturated rings. The molecule has 0 aromatic heterocycles. The fourth-order valence-electron chi connectivity index (χ4n) is 2.70. The van der Waals surface area contributed by atoms with Crippen LogP contribution in [-0.2, 0) is 4.79 Å². The van der Waals surface area contributed by atoms with Crippen LogP contribution in [0.5, 0.6) is 0 Å². The Bertz CT molecular complexity index is 271. The summed E-state index contributed by atoms with van der Waals surface area (Å²) in [5.41, 5.74) is 5.34. The van der Waals surface area contributed by atoms with Crippen LogP contribution in [0.1, 0.15) is 58.8 Å². The molecular formula is C14H28N2O2. The molecule has 1 aliphatic carbocycles. The number of nitrogens with two attached hydrogens (primary N) is 1. The van der Waals surface area contributed by atoms with Crippen LogP contribution in [-0.4, -0.2) is 29.7 Å². The Kier molecular flexibility index (Phi) is 5.60. The molecule has 4 N–H and O–H groups in total. The molecule has 1 saturated carbocycles. The summed E-state index contributed by atoms with van der Waals surface area (Å²) < 4.78 is 0. The van der Waals surface area contributed by atoms with E-state index in [2.05, 4.69) is 19.2 Å². The van der Waals surface area contributed by atoms with Gasteiger partial charge in [-0.25, -0.2) is 0 Å². The first-order valence-electron chi connectivity index (χ1n) is 7.05. The first kappa shape index (κ1) is 15.4. The Hall–Kier alpha value is -0.610. The fraction of sp³-hybridized carbons (Fsp3) is 0.929. The Morgan fingerprint density at radius 1 is 1.33 bits per heavy atom. The molecule has 0 unspecified atom stereocenters. The van der Waals surface area contributed by atoms with Gasteiger partial charge in [0.1, 0.15) is 0 Å². The minimum atomic E-state index is -0.338. The summed E-state index contributed by atoms with van der Waals surface area (Å²) in [6.45, 7) is 5.01. The number of aliphatic hydroxyl groups is 1. The molecule has 4 nitrogen and oxygen atoms in total. The normalized spacial score (nSPS) is 18.9. The Morgan fingerprint density at radius 3 is 2.44 bits per heavy atom. The molecule has 0 bridgehead atoms. The van der Waals surface area contributed by atoms with Crippen molar-refractivity contribution in [1.29, 1.82) is 0 Å². The molecule has 0 aromatic rings. The summed E-state index contributed by atoms with van der Waals surface area (Å²) >= 11 is 0. The monoisotopic (exact) mass is 256 g/mol. The van der Waals surface area contributed by atoms with E-state index >= 15 is 0 Å². The number of rotatable bonds is 7. The van der Waals surface area contributed by atoms with E-state index in [9.17, 15) is 9.90 Å². The molecule has 0 radical (unpaired) electrons. The van der Waals surface area contributed by atoms with Crippen molar-refractivity contribution in [3.63, 3.8) is 0 Å². The van der Waals surface area contributed by atoms with Crippen molar-refractivity contribution in [2.75, 3.05) is 13.2 Å². The number of amides is 1. The van der Waals surface area contributed by atoms with E-state index in [1.165, 1.54) is 0 Å². The fourth-order valence-corrected chi connectivity index (χ4v) is 2.70. The molecular weight excluding hydrogens is 228 g/mol. The van der Waals surface area contributed by atoms with Crippen molar-refractivity contribution in [2.45, 2.75) is 64.3 Å². The average Bonchev–Trinajstić information content (AvgIpc) is 2.76. The van der Waals surface area contributed by atoms with Crippen molar-refractivity contribution >= 4 is 5.91 Å². The van der Waals surface area contributed by atoms with Crippen LogP contribution in [0.3, 0.4) is 0 Å². The number of hydrogen-bond donors (Lipinski definition) is 3. The van der Waals surface area contributed by atoms with Crippen LogP contribution in [0.2, 0.25) is 0 Å². The zero-order valence-electron chi connectivity index (χ0n) is 11.8. The van der Waals surface area contributed by atoms with Gasteiger partial charge < -0.3 is 16.2 Å². The predicted molar refractivity (Wildman–Crippen MR) is 73.1 cm³/mol. The molecule has 0 heterocycles. The highest BCUT2D eigenvalue weighted by atomic mass is 16.3. The molecule has 0 aromatic carbocycles. The first-order chi connectivity index (χ1) is 8.43. The summed E-state index contributed by atoms with van der Waals surface area (Å²) in [7, 11) is 0. The second-order valence-electron chi connectivity index (χ2n) is 6.40. The lowest BCUT2D eigenvalue weighted by atomic mass is 9.84. The van der Waals surface area contributed by atoms with Gasteiger partial charge in [0.2, 0.25) is 5.91 Å². The van der Waals surface area contributed by atoms with Gasteiger partial charge in [0, 0.05) is 6.42 Å². The molecule has 0 saturated heterocycles. The molecule has 1 aliphatic rings. The van der Waals surface area contributed by atoms with Gasteiger partial charge in [-0.15, -0.1) is 0 Å².